The van der Waals surface area contributed by atoms with E-state index in [1.165, 1.54) is 23.5 Å². The molecule has 3 aromatic carbocycles. The highest BCUT2D eigenvalue weighted by atomic mass is 32.1. The van der Waals surface area contributed by atoms with Gasteiger partial charge in [-0.05, 0) is 71.6 Å². The average Bonchev–Trinajstić information content (AvgIpc) is 3.71. The molecule has 7 aromatic rings. The number of aromatic hydroxyl groups is 1. The van der Waals surface area contributed by atoms with Crippen molar-refractivity contribution >= 4 is 49.4 Å². The van der Waals surface area contributed by atoms with Crippen molar-refractivity contribution in [3.8, 4) is 16.9 Å². The normalized spacial score (nSPS) is 12.3. The summed E-state index contributed by atoms with van der Waals surface area (Å²) in [6.07, 6.45) is 3.40. The molecule has 11 heteroatoms. The van der Waals surface area contributed by atoms with Crippen molar-refractivity contribution < 1.29 is 18.7 Å². The number of carbonyl (C=O) groups is 1. The molecular weight excluding hydrogens is 558 g/mol. The minimum absolute atomic E-state index is 0.00549. The molecule has 0 saturated heterocycles. The number of aromatic amines is 2. The molecule has 0 bridgehead atoms. The second-order valence-electron chi connectivity index (χ2n) is 10.1. The first kappa shape index (κ1) is 25.8. The fourth-order valence-electron chi connectivity index (χ4n) is 5.33. The Morgan fingerprint density at radius 3 is 2.71 bits per heavy atom. The predicted molar refractivity (Wildman–Crippen MR) is 157 cm³/mol. The summed E-state index contributed by atoms with van der Waals surface area (Å²) in [7, 11) is 0. The molecule has 0 saturated carbocycles. The Kier molecular flexibility index (Phi) is 6.35. The second kappa shape index (κ2) is 10.3. The number of nitrogens with one attached hydrogen (secondary N) is 3. The van der Waals surface area contributed by atoms with Crippen LogP contribution in [-0.4, -0.2) is 36.2 Å². The molecule has 4 heterocycles. The van der Waals surface area contributed by atoms with Gasteiger partial charge in [-0.25, -0.2) is 18.7 Å². The van der Waals surface area contributed by atoms with Crippen molar-refractivity contribution in [3.63, 3.8) is 0 Å². The maximum atomic E-state index is 14.2. The van der Waals surface area contributed by atoms with Crippen LogP contribution in [0.2, 0.25) is 0 Å². The van der Waals surface area contributed by atoms with Crippen LogP contribution < -0.4 is 5.32 Å². The van der Waals surface area contributed by atoms with Crippen LogP contribution in [0.5, 0.6) is 5.75 Å². The highest BCUT2D eigenvalue weighted by Gasteiger charge is 2.24. The van der Waals surface area contributed by atoms with Crippen LogP contribution in [0.1, 0.15) is 22.9 Å². The molecule has 208 valence electrons. The van der Waals surface area contributed by atoms with Gasteiger partial charge in [0.2, 0.25) is 5.91 Å². The maximum absolute atomic E-state index is 14.2. The van der Waals surface area contributed by atoms with E-state index in [4.69, 9.17) is 4.98 Å². The van der Waals surface area contributed by atoms with Gasteiger partial charge >= 0.3 is 0 Å². The Bertz CT molecular complexity index is 2100. The van der Waals surface area contributed by atoms with E-state index in [2.05, 4.69) is 25.5 Å². The smallest absolute Gasteiger partial charge is 0.225 e. The number of H-pyrrole nitrogens is 2. The third kappa shape index (κ3) is 4.94. The Morgan fingerprint density at radius 2 is 1.86 bits per heavy atom. The average molecular weight is 581 g/mol. The Morgan fingerprint density at radius 1 is 1.00 bits per heavy atom. The molecule has 42 heavy (non-hydrogen) atoms. The van der Waals surface area contributed by atoms with Crippen LogP contribution in [0.25, 0.3) is 43.3 Å². The van der Waals surface area contributed by atoms with E-state index in [0.29, 0.717) is 27.9 Å². The van der Waals surface area contributed by atoms with Gasteiger partial charge in [0.1, 0.15) is 22.9 Å². The molecule has 0 unspecified atom stereocenters. The number of phenolic OH excluding ortho intramolecular Hbond substituents is 1. The van der Waals surface area contributed by atoms with Gasteiger partial charge in [0.25, 0.3) is 0 Å². The topological polar surface area (TPSA) is 120 Å². The van der Waals surface area contributed by atoms with Crippen molar-refractivity contribution in [1.82, 2.24) is 30.5 Å². The van der Waals surface area contributed by atoms with Crippen LogP contribution >= 0.6 is 11.3 Å². The number of phenols is 1. The standard InChI is InChI=1S/C31H22F2N6O2S/c32-19-5-16(6-20(33)10-19)7-27(37-30(41)9-18-13-34-24-3-2-21(40)11-22(18)24)31-23(12-25-28(38-31)14-36-39-25)17-1-4-29-26(8-17)35-15-42-29/h1-6,8,10-15,27,34,40H,7,9H2,(H,36,39)(H,37,41)/t27-/m1/s1. The van der Waals surface area contributed by atoms with Gasteiger partial charge in [-0.2, -0.15) is 5.10 Å². The highest BCUT2D eigenvalue weighted by molar-refractivity contribution is 7.16. The summed E-state index contributed by atoms with van der Waals surface area (Å²) < 4.78 is 29.5. The van der Waals surface area contributed by atoms with Crippen LogP contribution in [0.3, 0.4) is 0 Å². The number of hydrogen-bond acceptors (Lipinski definition) is 6. The minimum Gasteiger partial charge on any atom is -0.508 e. The van der Waals surface area contributed by atoms with Gasteiger partial charge in [-0.15, -0.1) is 11.3 Å². The van der Waals surface area contributed by atoms with E-state index >= 15 is 0 Å². The van der Waals surface area contributed by atoms with Gasteiger partial charge in [-0.3, -0.25) is 9.89 Å². The Balaban J connectivity index is 1.32. The summed E-state index contributed by atoms with van der Waals surface area (Å²) in [6.45, 7) is 0. The largest absolute Gasteiger partial charge is 0.508 e. The first-order valence-electron chi connectivity index (χ1n) is 13.1. The molecule has 4 N–H and O–H groups in total. The maximum Gasteiger partial charge on any atom is 0.225 e. The fourth-order valence-corrected chi connectivity index (χ4v) is 5.99. The molecule has 0 radical (unpaired) electrons. The molecule has 0 aliphatic heterocycles. The lowest BCUT2D eigenvalue weighted by molar-refractivity contribution is -0.121. The van der Waals surface area contributed by atoms with E-state index in [1.54, 1.807) is 36.1 Å². The number of aromatic nitrogens is 5. The van der Waals surface area contributed by atoms with Gasteiger partial charge in [-0.1, -0.05) is 6.07 Å². The fraction of sp³-hybridized carbons (Fsp3) is 0.0968. The van der Waals surface area contributed by atoms with Crippen LogP contribution in [-0.2, 0) is 17.6 Å². The first-order valence-corrected chi connectivity index (χ1v) is 14.0. The Labute approximate surface area is 241 Å². The summed E-state index contributed by atoms with van der Waals surface area (Å²) in [5.74, 6) is -1.65. The number of thiazole rings is 1. The summed E-state index contributed by atoms with van der Waals surface area (Å²) in [5.41, 5.74) is 7.80. The minimum atomic E-state index is -0.752. The SMILES string of the molecule is O=C(Cc1c[nH]c2ccc(O)cc12)N[C@H](Cc1cc(F)cc(F)c1)c1nc2cn[nH]c2cc1-c1ccc2scnc2c1. The van der Waals surface area contributed by atoms with E-state index in [-0.39, 0.29) is 24.5 Å². The Hall–Kier alpha value is -5.16. The van der Waals surface area contributed by atoms with E-state index < -0.39 is 17.7 Å². The summed E-state index contributed by atoms with van der Waals surface area (Å²) in [6, 6.07) is 15.3. The lowest BCUT2D eigenvalue weighted by Crippen LogP contribution is -2.32. The quantitative estimate of drug-likeness (QED) is 0.175. The lowest BCUT2D eigenvalue weighted by Gasteiger charge is -2.22. The number of benzene rings is 3. The number of carbonyl (C=O) groups excluding carboxylic acids is 1. The number of rotatable bonds is 7. The third-order valence-corrected chi connectivity index (χ3v) is 8.03. The number of halogens is 2. The van der Waals surface area contributed by atoms with Gasteiger partial charge in [0.15, 0.2) is 0 Å². The summed E-state index contributed by atoms with van der Waals surface area (Å²) >= 11 is 1.53. The molecule has 0 fully saturated rings. The first-order chi connectivity index (χ1) is 20.4. The van der Waals surface area contributed by atoms with E-state index in [9.17, 15) is 18.7 Å². The molecule has 7 rings (SSSR count). The number of nitrogens with zero attached hydrogens (tertiary/aromatic N) is 3. The van der Waals surface area contributed by atoms with Crippen LogP contribution in [0.4, 0.5) is 8.78 Å². The van der Waals surface area contributed by atoms with Crippen molar-refractivity contribution in [3.05, 3.63) is 107 Å². The molecule has 0 spiro atoms. The number of pyridine rings is 1. The van der Waals surface area contributed by atoms with Gasteiger partial charge in [0, 0.05) is 28.7 Å². The molecule has 1 amide bonds. The number of hydrogen-bond donors (Lipinski definition) is 4. The molecule has 0 aliphatic rings. The molecule has 8 nitrogen and oxygen atoms in total. The van der Waals surface area contributed by atoms with Crippen molar-refractivity contribution in [2.75, 3.05) is 0 Å². The number of amides is 1. The molecule has 4 aromatic heterocycles. The van der Waals surface area contributed by atoms with Crippen LogP contribution in [0, 0.1) is 11.6 Å². The monoisotopic (exact) mass is 580 g/mol. The predicted octanol–water partition coefficient (Wildman–Crippen LogP) is 6.34. The molecular formula is C31H22F2N6O2S. The zero-order valence-corrected chi connectivity index (χ0v) is 22.7. The highest BCUT2D eigenvalue weighted by Crippen LogP contribution is 2.34. The zero-order valence-electron chi connectivity index (χ0n) is 21.9. The zero-order chi connectivity index (χ0) is 28.8. The lowest BCUT2D eigenvalue weighted by atomic mass is 9.94. The van der Waals surface area contributed by atoms with Crippen molar-refractivity contribution in [2.45, 2.75) is 18.9 Å². The molecule has 1 atom stereocenters. The summed E-state index contributed by atoms with van der Waals surface area (Å²) in [5, 5.41) is 20.8. The van der Waals surface area contributed by atoms with Crippen molar-refractivity contribution in [2.24, 2.45) is 0 Å². The van der Waals surface area contributed by atoms with Crippen molar-refractivity contribution in [1.29, 1.82) is 0 Å². The molecule has 0 aliphatic carbocycles. The van der Waals surface area contributed by atoms with E-state index in [1.807, 2.05) is 24.3 Å². The second-order valence-corrected chi connectivity index (χ2v) is 11.0. The van der Waals surface area contributed by atoms with Gasteiger partial charge in [0.05, 0.1) is 45.6 Å². The third-order valence-electron chi connectivity index (χ3n) is 7.22. The van der Waals surface area contributed by atoms with E-state index in [0.717, 1.165) is 38.3 Å². The number of fused-ring (bicyclic) bond motifs is 3. The van der Waals surface area contributed by atoms with Gasteiger partial charge < -0.3 is 15.4 Å². The van der Waals surface area contributed by atoms with Crippen LogP contribution in [0.15, 0.2) is 78.6 Å². The summed E-state index contributed by atoms with van der Waals surface area (Å²) in [4.78, 5) is 26.0.